The standard InChI is InChI=1S/C25H21ClN4O5S/c26-22-5-6-23-21(15-22)16-24(30(23)17-31)36(34,35)29-13-11-27(12-14-29)25(32)20-3-1-18(2-4-20)19-7-9-28(33)10-8-19/h1-10,15-17H,11-14H2. The van der Waals surface area contributed by atoms with E-state index in [1.165, 1.54) is 22.8 Å². The molecule has 4 aromatic rings. The third kappa shape index (κ3) is 4.34. The second kappa shape index (κ2) is 9.38. The summed E-state index contributed by atoms with van der Waals surface area (Å²) in [6, 6.07) is 16.7. The minimum atomic E-state index is -3.97. The molecule has 1 saturated heterocycles. The van der Waals surface area contributed by atoms with E-state index < -0.39 is 10.0 Å². The average molecular weight is 525 g/mol. The van der Waals surface area contributed by atoms with Crippen LogP contribution >= 0.6 is 11.6 Å². The number of nitrogens with zero attached hydrogens (tertiary/aromatic N) is 4. The molecule has 0 N–H and O–H groups in total. The van der Waals surface area contributed by atoms with Gasteiger partial charge in [-0.3, -0.25) is 14.2 Å². The van der Waals surface area contributed by atoms with E-state index in [1.807, 2.05) is 12.1 Å². The summed E-state index contributed by atoms with van der Waals surface area (Å²) in [5.74, 6) is -0.194. The van der Waals surface area contributed by atoms with Crippen LogP contribution in [0.5, 0.6) is 0 Å². The predicted octanol–water partition coefficient (Wildman–Crippen LogP) is 2.78. The monoisotopic (exact) mass is 524 g/mol. The second-order valence-electron chi connectivity index (χ2n) is 8.38. The van der Waals surface area contributed by atoms with Gasteiger partial charge in [-0.1, -0.05) is 23.7 Å². The van der Waals surface area contributed by atoms with Gasteiger partial charge < -0.3 is 10.1 Å². The highest BCUT2D eigenvalue weighted by atomic mass is 35.5. The minimum absolute atomic E-state index is 0.104. The first-order chi connectivity index (χ1) is 17.3. The molecule has 0 radical (unpaired) electrons. The van der Waals surface area contributed by atoms with Crippen molar-refractivity contribution in [3.05, 3.63) is 88.9 Å². The van der Waals surface area contributed by atoms with Crippen LogP contribution in [0.2, 0.25) is 5.02 Å². The first kappa shape index (κ1) is 24.0. The van der Waals surface area contributed by atoms with Crippen LogP contribution in [-0.2, 0) is 14.8 Å². The van der Waals surface area contributed by atoms with Gasteiger partial charge in [0.2, 0.25) is 6.41 Å². The van der Waals surface area contributed by atoms with Crippen molar-refractivity contribution < 1.29 is 22.7 Å². The largest absolute Gasteiger partial charge is 0.619 e. The van der Waals surface area contributed by atoms with Gasteiger partial charge in [-0.25, -0.2) is 8.42 Å². The second-order valence-corrected chi connectivity index (χ2v) is 10.7. The van der Waals surface area contributed by atoms with Crippen molar-refractivity contribution in [3.8, 4) is 11.1 Å². The molecule has 5 rings (SSSR count). The number of piperazine rings is 1. The first-order valence-electron chi connectivity index (χ1n) is 11.1. The highest BCUT2D eigenvalue weighted by molar-refractivity contribution is 7.89. The molecular formula is C25H21ClN4O5S. The maximum absolute atomic E-state index is 13.4. The number of halogens is 1. The zero-order chi connectivity index (χ0) is 25.4. The molecule has 0 unspecified atom stereocenters. The van der Waals surface area contributed by atoms with E-state index >= 15 is 0 Å². The quantitative estimate of drug-likeness (QED) is 0.227. The van der Waals surface area contributed by atoms with Gasteiger partial charge in [-0.05, 0) is 47.5 Å². The smallest absolute Gasteiger partial charge is 0.259 e. The summed E-state index contributed by atoms with van der Waals surface area (Å²) in [6.45, 7) is 0.642. The number of sulfonamides is 1. The summed E-state index contributed by atoms with van der Waals surface area (Å²) in [5, 5.41) is 12.1. The van der Waals surface area contributed by atoms with Gasteiger partial charge in [0.15, 0.2) is 17.4 Å². The van der Waals surface area contributed by atoms with E-state index in [1.54, 1.807) is 47.4 Å². The number of carbonyl (C=O) groups excluding carboxylic acids is 2. The van der Waals surface area contributed by atoms with Crippen LogP contribution in [-0.4, -0.2) is 60.7 Å². The number of fused-ring (bicyclic) bond motifs is 1. The van der Waals surface area contributed by atoms with Gasteiger partial charge in [-0.2, -0.15) is 9.04 Å². The molecule has 0 aliphatic carbocycles. The third-order valence-electron chi connectivity index (χ3n) is 6.27. The molecule has 2 aromatic heterocycles. The number of hydrogen-bond acceptors (Lipinski definition) is 5. The zero-order valence-electron chi connectivity index (χ0n) is 19.0. The summed E-state index contributed by atoms with van der Waals surface area (Å²) in [5.41, 5.74) is 2.67. The van der Waals surface area contributed by atoms with E-state index in [4.69, 9.17) is 11.6 Å². The summed E-state index contributed by atoms with van der Waals surface area (Å²) in [4.78, 5) is 26.4. The van der Waals surface area contributed by atoms with Gasteiger partial charge >= 0.3 is 0 Å². The molecule has 1 fully saturated rings. The lowest BCUT2D eigenvalue weighted by Gasteiger charge is -2.34. The number of pyridine rings is 1. The zero-order valence-corrected chi connectivity index (χ0v) is 20.5. The van der Waals surface area contributed by atoms with Crippen LogP contribution in [0.15, 0.2) is 78.1 Å². The molecule has 184 valence electrons. The van der Waals surface area contributed by atoms with Crippen molar-refractivity contribution in [1.82, 2.24) is 13.8 Å². The Morgan fingerprint density at radius 1 is 0.917 bits per heavy atom. The highest BCUT2D eigenvalue weighted by Gasteiger charge is 2.33. The number of rotatable bonds is 5. The van der Waals surface area contributed by atoms with E-state index in [0.717, 1.165) is 15.7 Å². The predicted molar refractivity (Wildman–Crippen MR) is 135 cm³/mol. The molecule has 9 nitrogen and oxygen atoms in total. The fraction of sp³-hybridized carbons (Fsp3) is 0.160. The summed E-state index contributed by atoms with van der Waals surface area (Å²) in [7, 11) is -3.97. The molecule has 0 spiro atoms. The summed E-state index contributed by atoms with van der Waals surface area (Å²) in [6.07, 6.45) is 3.29. The van der Waals surface area contributed by atoms with Crippen molar-refractivity contribution in [2.24, 2.45) is 0 Å². The minimum Gasteiger partial charge on any atom is -0.619 e. The van der Waals surface area contributed by atoms with Crippen molar-refractivity contribution in [2.45, 2.75) is 5.03 Å². The van der Waals surface area contributed by atoms with E-state index in [2.05, 4.69) is 0 Å². The lowest BCUT2D eigenvalue weighted by Crippen LogP contribution is -2.50. The van der Waals surface area contributed by atoms with Crippen LogP contribution in [0, 0.1) is 5.21 Å². The Morgan fingerprint density at radius 2 is 1.56 bits per heavy atom. The highest BCUT2D eigenvalue weighted by Crippen LogP contribution is 2.28. The number of carbonyl (C=O) groups is 2. The summed E-state index contributed by atoms with van der Waals surface area (Å²) >= 11 is 6.02. The number of benzene rings is 2. The van der Waals surface area contributed by atoms with Crippen LogP contribution in [0.25, 0.3) is 22.0 Å². The van der Waals surface area contributed by atoms with Crippen LogP contribution in [0.4, 0.5) is 0 Å². The maximum atomic E-state index is 13.4. The van der Waals surface area contributed by atoms with E-state index in [9.17, 15) is 23.2 Å². The molecule has 1 aliphatic heterocycles. The van der Waals surface area contributed by atoms with Crippen LogP contribution < -0.4 is 4.73 Å². The van der Waals surface area contributed by atoms with Gasteiger partial charge in [0.1, 0.15) is 0 Å². The number of aromatic nitrogens is 2. The third-order valence-corrected chi connectivity index (χ3v) is 8.39. The van der Waals surface area contributed by atoms with Gasteiger partial charge in [0.25, 0.3) is 15.9 Å². The van der Waals surface area contributed by atoms with Crippen molar-refractivity contribution in [1.29, 1.82) is 0 Å². The van der Waals surface area contributed by atoms with Crippen molar-refractivity contribution in [2.75, 3.05) is 26.2 Å². The Morgan fingerprint density at radius 3 is 2.19 bits per heavy atom. The SMILES string of the molecule is O=Cn1c(S(=O)(=O)N2CCN(C(=O)c3ccc(-c4cc[n+]([O-])cc4)cc3)CC2)cc2cc(Cl)ccc21. The molecule has 0 saturated carbocycles. The molecule has 36 heavy (non-hydrogen) atoms. The Hall–Kier alpha value is -3.73. The average Bonchev–Trinajstić information content (AvgIpc) is 3.27. The van der Waals surface area contributed by atoms with Crippen molar-refractivity contribution >= 4 is 44.8 Å². The summed E-state index contributed by atoms with van der Waals surface area (Å²) < 4.78 is 29.8. The molecular weight excluding hydrogens is 504 g/mol. The Kier molecular flexibility index (Phi) is 6.25. The number of hydrogen-bond donors (Lipinski definition) is 0. The molecule has 0 bridgehead atoms. The topological polar surface area (TPSA) is 107 Å². The fourth-order valence-electron chi connectivity index (χ4n) is 4.35. The Balaban J connectivity index is 1.30. The Labute approximate surface area is 212 Å². The maximum Gasteiger partial charge on any atom is 0.259 e. The molecule has 0 atom stereocenters. The van der Waals surface area contributed by atoms with Gasteiger partial charge in [-0.15, -0.1) is 0 Å². The van der Waals surface area contributed by atoms with Crippen molar-refractivity contribution in [3.63, 3.8) is 0 Å². The van der Waals surface area contributed by atoms with Gasteiger partial charge in [0, 0.05) is 54.3 Å². The van der Waals surface area contributed by atoms with Crippen LogP contribution in [0.3, 0.4) is 0 Å². The molecule has 1 aliphatic rings. The molecule has 11 heteroatoms. The fourth-order valence-corrected chi connectivity index (χ4v) is 6.10. The van der Waals surface area contributed by atoms with E-state index in [-0.39, 0.29) is 37.1 Å². The lowest BCUT2D eigenvalue weighted by atomic mass is 10.0. The Bertz CT molecular complexity index is 1560. The number of amides is 1. The lowest BCUT2D eigenvalue weighted by molar-refractivity contribution is -0.605. The molecule has 2 aromatic carbocycles. The van der Waals surface area contributed by atoms with Gasteiger partial charge in [0.05, 0.1) is 5.52 Å². The molecule has 1 amide bonds. The van der Waals surface area contributed by atoms with E-state index in [0.29, 0.717) is 32.6 Å². The normalized spacial score (nSPS) is 14.8. The molecule has 3 heterocycles. The first-order valence-corrected chi connectivity index (χ1v) is 12.9. The van der Waals surface area contributed by atoms with Crippen LogP contribution in [0.1, 0.15) is 10.4 Å².